The van der Waals surface area contributed by atoms with E-state index in [1.807, 2.05) is 24.3 Å². The summed E-state index contributed by atoms with van der Waals surface area (Å²) in [7, 11) is 0. The molecule has 3 aliphatic heterocycles. The third kappa shape index (κ3) is 2.21. The molecule has 10 atom stereocenters. The first-order valence-corrected chi connectivity index (χ1v) is 13.3. The van der Waals surface area contributed by atoms with Gasteiger partial charge in [-0.05, 0) is 12.8 Å². The number of fused-ring (bicyclic) bond motifs is 15. The molecule has 8 aliphatic rings. The maximum absolute atomic E-state index is 12.8. The van der Waals surface area contributed by atoms with Crippen LogP contribution in [0.1, 0.15) is 56.5 Å². The molecule has 0 radical (unpaired) electrons. The zero-order chi connectivity index (χ0) is 26.6. The van der Waals surface area contributed by atoms with E-state index < -0.39 is 11.2 Å². The number of benzene rings is 3. The summed E-state index contributed by atoms with van der Waals surface area (Å²) in [6.45, 7) is 0. The van der Waals surface area contributed by atoms with Crippen molar-refractivity contribution in [2.24, 2.45) is 11.8 Å². The van der Waals surface area contributed by atoms with Crippen molar-refractivity contribution in [3.05, 3.63) is 80.7 Å². The molecule has 3 aromatic carbocycles. The number of ether oxygens (including phenoxy) is 3. The van der Waals surface area contributed by atoms with E-state index in [9.17, 15) is 19.8 Å². The van der Waals surface area contributed by atoms with Crippen LogP contribution in [0.4, 0.5) is 0 Å². The minimum atomic E-state index is -0.874. The largest absolute Gasteiger partial charge is 0.507 e. The van der Waals surface area contributed by atoms with Crippen LogP contribution >= 0.6 is 0 Å². The SMILES string of the molecule is O=C1c2ccccc2C(=O)C23OC12[C@@H]1C[C@H]3C2OC21.O=O.Oc1c2c(c(O)c3ccccc13)[C@@H]1C[C@H]2C2OC21. The van der Waals surface area contributed by atoms with Gasteiger partial charge in [0.2, 0.25) is 0 Å². The number of carbonyl (C=O) groups is 2. The highest BCUT2D eigenvalue weighted by molar-refractivity contribution is 6.26. The third-order valence-corrected chi connectivity index (χ3v) is 10.7. The Bertz CT molecular complexity index is 1570. The lowest BCUT2D eigenvalue weighted by Gasteiger charge is -2.25. The summed E-state index contributed by atoms with van der Waals surface area (Å²) in [6.07, 6.45) is 2.80. The summed E-state index contributed by atoms with van der Waals surface area (Å²) in [6, 6.07) is 14.6. The number of epoxide rings is 3. The second-order valence-electron chi connectivity index (χ2n) is 11.9. The summed E-state index contributed by atoms with van der Waals surface area (Å²) in [5.41, 5.74) is 1.20. The lowest BCUT2D eigenvalue weighted by atomic mass is 9.67. The van der Waals surface area contributed by atoms with Gasteiger partial charge in [0.15, 0.2) is 22.8 Å². The number of carbonyl (C=O) groups excluding carboxylic acids is 2. The number of aromatic hydroxyl groups is 2. The highest BCUT2D eigenvalue weighted by Crippen LogP contribution is 2.78. The van der Waals surface area contributed by atoms with Gasteiger partial charge in [0.25, 0.3) is 0 Å². The van der Waals surface area contributed by atoms with E-state index in [4.69, 9.17) is 24.1 Å². The summed E-state index contributed by atoms with van der Waals surface area (Å²) in [5.74, 6) is 1.45. The van der Waals surface area contributed by atoms with E-state index in [-0.39, 0.29) is 59.7 Å². The normalized spacial score (nSPS) is 42.6. The molecule has 6 unspecified atom stereocenters. The molecular formula is C30H22O9. The molecule has 3 saturated carbocycles. The Kier molecular flexibility index (Phi) is 3.83. The van der Waals surface area contributed by atoms with E-state index in [0.717, 1.165) is 34.7 Å². The quantitative estimate of drug-likeness (QED) is 0.331. The Balaban J connectivity index is 0.000000107. The van der Waals surface area contributed by atoms with Crippen molar-refractivity contribution in [3.63, 3.8) is 0 Å². The number of hydrogen-bond acceptors (Lipinski definition) is 9. The van der Waals surface area contributed by atoms with Crippen LogP contribution in [0.2, 0.25) is 0 Å². The van der Waals surface area contributed by atoms with Crippen molar-refractivity contribution in [1.82, 2.24) is 0 Å². The maximum atomic E-state index is 12.8. The maximum Gasteiger partial charge on any atom is 0.199 e. The number of Topliss-reactive ketones (excluding diaryl/α,β-unsaturated/α-hetero) is 2. The second kappa shape index (κ2) is 6.72. The molecule has 9 heteroatoms. The second-order valence-corrected chi connectivity index (χ2v) is 11.9. The van der Waals surface area contributed by atoms with Crippen LogP contribution in [-0.2, 0) is 14.2 Å². The molecule has 0 amide bonds. The molecule has 5 aliphatic carbocycles. The monoisotopic (exact) mass is 526 g/mol. The Morgan fingerprint density at radius 2 is 1.08 bits per heavy atom. The van der Waals surface area contributed by atoms with Crippen molar-refractivity contribution in [2.75, 3.05) is 0 Å². The Hall–Kier alpha value is -3.66. The van der Waals surface area contributed by atoms with Crippen LogP contribution in [0, 0.1) is 21.8 Å². The molecule has 196 valence electrons. The van der Waals surface area contributed by atoms with Crippen molar-refractivity contribution in [1.29, 1.82) is 0 Å². The fourth-order valence-electron chi connectivity index (χ4n) is 9.18. The van der Waals surface area contributed by atoms with Gasteiger partial charge in [-0.25, -0.2) is 0 Å². The third-order valence-electron chi connectivity index (χ3n) is 10.7. The van der Waals surface area contributed by atoms with E-state index >= 15 is 0 Å². The number of phenols is 2. The fourth-order valence-corrected chi connectivity index (χ4v) is 9.18. The molecule has 4 bridgehead atoms. The number of hydrogen-bond donors (Lipinski definition) is 2. The van der Waals surface area contributed by atoms with Gasteiger partial charge in [-0.1, -0.05) is 48.5 Å². The van der Waals surface area contributed by atoms with Crippen LogP contribution in [0.25, 0.3) is 10.8 Å². The number of rotatable bonds is 0. The average molecular weight is 526 g/mol. The van der Waals surface area contributed by atoms with Gasteiger partial charge in [-0.15, -0.1) is 0 Å². The Morgan fingerprint density at radius 3 is 1.56 bits per heavy atom. The molecule has 39 heavy (non-hydrogen) atoms. The van der Waals surface area contributed by atoms with Crippen molar-refractivity contribution < 1.29 is 34.0 Å². The van der Waals surface area contributed by atoms with E-state index in [0.29, 0.717) is 22.6 Å². The van der Waals surface area contributed by atoms with Crippen molar-refractivity contribution >= 4 is 22.3 Å². The van der Waals surface area contributed by atoms with Crippen LogP contribution in [0.3, 0.4) is 0 Å². The van der Waals surface area contributed by atoms with Gasteiger partial charge in [-0.2, -0.15) is 0 Å². The summed E-state index contributed by atoms with van der Waals surface area (Å²) >= 11 is 0. The summed E-state index contributed by atoms with van der Waals surface area (Å²) in [5, 5.41) is 22.5. The molecule has 11 rings (SSSR count). The molecule has 2 N–H and O–H groups in total. The smallest absolute Gasteiger partial charge is 0.199 e. The molecule has 0 aromatic heterocycles. The molecule has 9 nitrogen and oxygen atoms in total. The highest BCUT2D eigenvalue weighted by Gasteiger charge is 2.96. The van der Waals surface area contributed by atoms with Crippen LogP contribution < -0.4 is 0 Å². The van der Waals surface area contributed by atoms with E-state index in [1.165, 1.54) is 0 Å². The zero-order valence-corrected chi connectivity index (χ0v) is 20.4. The molecule has 3 aromatic rings. The zero-order valence-electron chi connectivity index (χ0n) is 20.4. The van der Waals surface area contributed by atoms with Gasteiger partial charge < -0.3 is 24.4 Å². The fraction of sp³-hybridized carbons (Fsp3) is 0.400. The number of ketones is 2. The van der Waals surface area contributed by atoms with E-state index in [1.54, 1.807) is 24.3 Å². The van der Waals surface area contributed by atoms with Gasteiger partial charge in [0.05, 0.1) is 24.4 Å². The van der Waals surface area contributed by atoms with E-state index in [2.05, 4.69) is 0 Å². The Morgan fingerprint density at radius 1 is 0.641 bits per heavy atom. The summed E-state index contributed by atoms with van der Waals surface area (Å²) in [4.78, 5) is 39.6. The van der Waals surface area contributed by atoms with Crippen molar-refractivity contribution in [2.45, 2.75) is 60.3 Å². The minimum absolute atomic E-state index is 0.00384. The molecule has 3 saturated heterocycles. The first-order chi connectivity index (χ1) is 19.0. The molecule has 6 fully saturated rings. The van der Waals surface area contributed by atoms with Crippen LogP contribution in [0.5, 0.6) is 11.5 Å². The summed E-state index contributed by atoms with van der Waals surface area (Å²) < 4.78 is 17.2. The highest BCUT2D eigenvalue weighted by atomic mass is 16.7. The van der Waals surface area contributed by atoms with Gasteiger partial charge >= 0.3 is 0 Å². The standard InChI is InChI=1S/C15H10O4.C15H12O3.O2/c16-12-6-3-1-2-4-7(6)13(17)15-9-5-8(10-11(9)18-10)14(12,15)19-15;16-12-6-3-1-2-4-7(6)13(17)11-9-5-8(10(11)12)14-15(9)18-14;1-2/h1-4,8-11H,5H2;1-4,8-9,14-17H,5H2;/t8-,9+,10?,11?,14?,15?;8-,9+,14?,15?;. The minimum Gasteiger partial charge on any atom is -0.507 e. The predicted molar refractivity (Wildman–Crippen MR) is 135 cm³/mol. The Labute approximate surface area is 220 Å². The predicted octanol–water partition coefficient (Wildman–Crippen LogP) is 3.66. The van der Waals surface area contributed by atoms with Gasteiger partial charge in [0.1, 0.15) is 11.5 Å². The van der Waals surface area contributed by atoms with Gasteiger partial charge in [0, 0.05) is 66.6 Å². The number of phenolic OH excluding ortho intramolecular Hbond substituents is 2. The molecular weight excluding hydrogens is 504 g/mol. The first kappa shape index (κ1) is 22.2. The van der Waals surface area contributed by atoms with Gasteiger partial charge in [-0.3, -0.25) is 9.59 Å². The first-order valence-electron chi connectivity index (χ1n) is 13.3. The van der Waals surface area contributed by atoms with Crippen LogP contribution in [0.15, 0.2) is 48.5 Å². The van der Waals surface area contributed by atoms with Crippen LogP contribution in [-0.4, -0.2) is 57.4 Å². The lowest BCUT2D eigenvalue weighted by Crippen LogP contribution is -2.50. The topological polar surface area (TPSA) is 146 Å². The molecule has 0 spiro atoms. The average Bonchev–Trinajstić information content (AvgIpc) is 3.95. The lowest BCUT2D eigenvalue weighted by molar-refractivity contribution is 0.0653. The molecule has 3 heterocycles. The van der Waals surface area contributed by atoms with Crippen molar-refractivity contribution in [3.8, 4) is 11.5 Å².